The number of hydrogen-bond acceptors (Lipinski definition) is 8. The molecule has 1 aliphatic heterocycles. The first-order valence-corrected chi connectivity index (χ1v) is 13.3. The van der Waals surface area contributed by atoms with Crippen LogP contribution in [-0.2, 0) is 30.3 Å². The lowest BCUT2D eigenvalue weighted by Crippen LogP contribution is -2.61. The molecule has 11 heteroatoms. The Hall–Kier alpha value is -3.96. The molecular formula is C29H37N3O8. The van der Waals surface area contributed by atoms with Crippen LogP contribution in [0.2, 0.25) is 0 Å². The molecule has 2 unspecified atom stereocenters. The number of hydrogen-bond donors (Lipinski definition) is 5. The Morgan fingerprint density at radius 3 is 2.33 bits per heavy atom. The average Bonchev–Trinajstić information content (AvgIpc) is 2.93. The van der Waals surface area contributed by atoms with E-state index in [1.54, 1.807) is 26.0 Å². The lowest BCUT2D eigenvalue weighted by atomic mass is 9.91. The van der Waals surface area contributed by atoms with E-state index in [1.165, 1.54) is 26.0 Å². The number of aromatic hydroxyl groups is 1. The number of cyclic esters (lactones) is 1. The number of amides is 3. The second-order valence-corrected chi connectivity index (χ2v) is 9.84. The van der Waals surface area contributed by atoms with Crippen LogP contribution in [0.15, 0.2) is 54.6 Å². The fourth-order valence-corrected chi connectivity index (χ4v) is 4.52. The first-order chi connectivity index (χ1) is 19.0. The summed E-state index contributed by atoms with van der Waals surface area (Å²) in [4.78, 5) is 53.0. The molecule has 3 rings (SSSR count). The highest BCUT2D eigenvalue weighted by Crippen LogP contribution is 2.19. The van der Waals surface area contributed by atoms with Crippen molar-refractivity contribution in [2.45, 2.75) is 70.6 Å². The van der Waals surface area contributed by atoms with Crippen LogP contribution in [0.4, 0.5) is 0 Å². The highest BCUT2D eigenvalue weighted by atomic mass is 16.6. The Kier molecular flexibility index (Phi) is 10.6. The quantitative estimate of drug-likeness (QED) is 0.317. The molecule has 0 aliphatic carbocycles. The number of carbonyl (C=O) groups excluding carboxylic acids is 4. The smallest absolute Gasteiger partial charge is 0.331 e. The zero-order chi connectivity index (χ0) is 29.4. The van der Waals surface area contributed by atoms with Crippen LogP contribution in [0.25, 0.3) is 0 Å². The van der Waals surface area contributed by atoms with E-state index in [0.717, 1.165) is 5.56 Å². The third kappa shape index (κ3) is 7.57. The van der Waals surface area contributed by atoms with E-state index in [9.17, 15) is 29.4 Å². The van der Waals surface area contributed by atoms with Gasteiger partial charge in [0.25, 0.3) is 5.91 Å². The molecule has 216 valence electrons. The van der Waals surface area contributed by atoms with Gasteiger partial charge in [-0.25, -0.2) is 4.79 Å². The monoisotopic (exact) mass is 555 g/mol. The number of nitrogens with one attached hydrogen (secondary N) is 3. The van der Waals surface area contributed by atoms with Crippen LogP contribution in [0.5, 0.6) is 5.75 Å². The second-order valence-electron chi connectivity index (χ2n) is 9.84. The molecule has 1 heterocycles. The van der Waals surface area contributed by atoms with Gasteiger partial charge in [0.05, 0.1) is 29.7 Å². The van der Waals surface area contributed by atoms with Gasteiger partial charge < -0.3 is 35.6 Å². The van der Waals surface area contributed by atoms with Crippen molar-refractivity contribution in [3.05, 3.63) is 65.7 Å². The van der Waals surface area contributed by atoms with Gasteiger partial charge in [0.2, 0.25) is 11.8 Å². The van der Waals surface area contributed by atoms with Crippen molar-refractivity contribution in [3.8, 4) is 5.75 Å². The molecule has 0 spiro atoms. The van der Waals surface area contributed by atoms with Gasteiger partial charge in [-0.15, -0.1) is 0 Å². The van der Waals surface area contributed by atoms with E-state index < -0.39 is 66.0 Å². The zero-order valence-electron chi connectivity index (χ0n) is 23.0. The summed E-state index contributed by atoms with van der Waals surface area (Å²) >= 11 is 0. The van der Waals surface area contributed by atoms with Gasteiger partial charge in [-0.1, -0.05) is 49.4 Å². The van der Waals surface area contributed by atoms with E-state index in [0.29, 0.717) is 0 Å². The van der Waals surface area contributed by atoms with E-state index in [-0.39, 0.29) is 24.3 Å². The molecule has 0 radical (unpaired) electrons. The van der Waals surface area contributed by atoms with Gasteiger partial charge in [0.15, 0.2) is 6.04 Å². The molecule has 1 aliphatic rings. The number of ether oxygens (including phenoxy) is 2. The first-order valence-electron chi connectivity index (χ1n) is 13.3. The number of esters is 1. The van der Waals surface area contributed by atoms with Gasteiger partial charge >= 0.3 is 5.97 Å². The van der Waals surface area contributed by atoms with Crippen molar-refractivity contribution in [1.29, 1.82) is 0 Å². The Bertz CT molecular complexity index is 1190. The summed E-state index contributed by atoms with van der Waals surface area (Å²) in [6, 6.07) is 11.3. The molecule has 2 aromatic rings. The predicted molar refractivity (Wildman–Crippen MR) is 145 cm³/mol. The van der Waals surface area contributed by atoms with Crippen molar-refractivity contribution >= 4 is 23.7 Å². The summed E-state index contributed by atoms with van der Waals surface area (Å²) < 4.78 is 11.1. The van der Waals surface area contributed by atoms with Gasteiger partial charge in [0.1, 0.15) is 17.9 Å². The Morgan fingerprint density at radius 2 is 1.68 bits per heavy atom. The summed E-state index contributed by atoms with van der Waals surface area (Å²) in [5.41, 5.74) is 0.716. The molecule has 3 amide bonds. The van der Waals surface area contributed by atoms with Gasteiger partial charge in [-0.2, -0.15) is 0 Å². The van der Waals surface area contributed by atoms with Crippen molar-refractivity contribution in [3.63, 3.8) is 0 Å². The number of aliphatic hydroxyl groups excluding tert-OH is 1. The lowest BCUT2D eigenvalue weighted by molar-refractivity contribution is -0.160. The molecule has 7 atom stereocenters. The summed E-state index contributed by atoms with van der Waals surface area (Å²) in [6.45, 7) is 6.50. The standard InChI is InChI=1S/C29H37N3O8/c1-5-39-17(3)24-29(38)40-18(4)23(31-27(36)20-13-9-10-14-22(20)33)28(37)30-21(15-19-11-7-6-8-12-19)25(34)16(2)26(35)32-24/h6-14,16-18,21,23-25,33-34H,5,15H2,1-4H3,(H,30,37)(H,31,36)(H,32,35)/t16-,17?,18-,21+,23+,24?,25+/m1/s1. The van der Waals surface area contributed by atoms with Crippen LogP contribution in [0, 0.1) is 5.92 Å². The number of aliphatic hydroxyl groups is 1. The van der Waals surface area contributed by atoms with E-state index >= 15 is 0 Å². The van der Waals surface area contributed by atoms with Crippen LogP contribution < -0.4 is 16.0 Å². The number of benzene rings is 2. The van der Waals surface area contributed by atoms with E-state index in [4.69, 9.17) is 9.47 Å². The number of phenolic OH excluding ortho intramolecular Hbond substituents is 1. The van der Waals surface area contributed by atoms with Crippen molar-refractivity contribution < 1.29 is 38.9 Å². The van der Waals surface area contributed by atoms with Crippen molar-refractivity contribution in [2.75, 3.05) is 6.61 Å². The SMILES string of the molecule is CCOC(C)C1NC(=O)[C@H](C)[C@H](O)[C@H](Cc2ccccc2)NC(=O)[C@@H](NC(=O)c2ccccc2O)[C@@H](C)OC1=O. The summed E-state index contributed by atoms with van der Waals surface area (Å²) in [5, 5.41) is 29.3. The maximum absolute atomic E-state index is 13.6. The van der Waals surface area contributed by atoms with Crippen LogP contribution in [-0.4, -0.2) is 76.9 Å². The largest absolute Gasteiger partial charge is 0.507 e. The number of rotatable bonds is 7. The second kappa shape index (κ2) is 13.9. The summed E-state index contributed by atoms with van der Waals surface area (Å²) in [7, 11) is 0. The number of carbonyl (C=O) groups is 4. The maximum Gasteiger partial charge on any atom is 0.331 e. The maximum atomic E-state index is 13.6. The normalized spacial score (nSPS) is 26.8. The molecule has 1 fully saturated rings. The molecule has 0 saturated carbocycles. The van der Waals surface area contributed by atoms with E-state index in [1.807, 2.05) is 30.3 Å². The number of para-hydroxylation sites is 1. The minimum absolute atomic E-state index is 0.0791. The molecular weight excluding hydrogens is 518 g/mol. The molecule has 11 nitrogen and oxygen atoms in total. The summed E-state index contributed by atoms with van der Waals surface area (Å²) in [5.74, 6) is -4.34. The lowest BCUT2D eigenvalue weighted by Gasteiger charge is -2.34. The molecule has 0 aromatic heterocycles. The Balaban J connectivity index is 2.00. The fourth-order valence-electron chi connectivity index (χ4n) is 4.52. The van der Waals surface area contributed by atoms with Gasteiger partial charge in [-0.3, -0.25) is 14.4 Å². The third-order valence-electron chi connectivity index (χ3n) is 6.90. The number of phenols is 1. The van der Waals surface area contributed by atoms with Crippen LogP contribution in [0.1, 0.15) is 43.6 Å². The van der Waals surface area contributed by atoms with Crippen LogP contribution >= 0.6 is 0 Å². The molecule has 2 aromatic carbocycles. The predicted octanol–water partition coefficient (Wildman–Crippen LogP) is 1.07. The highest BCUT2D eigenvalue weighted by molar-refractivity contribution is 6.00. The minimum atomic E-state index is -1.41. The average molecular weight is 556 g/mol. The highest BCUT2D eigenvalue weighted by Gasteiger charge is 2.40. The molecule has 40 heavy (non-hydrogen) atoms. The Labute approximate surface area is 233 Å². The first kappa shape index (κ1) is 30.6. The van der Waals surface area contributed by atoms with Crippen molar-refractivity contribution in [2.24, 2.45) is 5.92 Å². The van der Waals surface area contributed by atoms with E-state index in [2.05, 4.69) is 16.0 Å². The molecule has 5 N–H and O–H groups in total. The summed E-state index contributed by atoms with van der Waals surface area (Å²) in [6.07, 6.45) is -3.17. The van der Waals surface area contributed by atoms with Gasteiger partial charge in [0, 0.05) is 6.61 Å². The third-order valence-corrected chi connectivity index (χ3v) is 6.90. The van der Waals surface area contributed by atoms with Crippen molar-refractivity contribution in [1.82, 2.24) is 16.0 Å². The zero-order valence-corrected chi connectivity index (χ0v) is 23.0. The molecule has 1 saturated heterocycles. The Morgan fingerprint density at radius 1 is 1.02 bits per heavy atom. The van der Waals surface area contributed by atoms with Gasteiger partial charge in [-0.05, 0) is 44.9 Å². The topological polar surface area (TPSA) is 163 Å². The minimum Gasteiger partial charge on any atom is -0.507 e. The molecule has 0 bridgehead atoms. The van der Waals surface area contributed by atoms with Crippen LogP contribution in [0.3, 0.4) is 0 Å². The fraction of sp³-hybridized carbons (Fsp3) is 0.448.